The van der Waals surface area contributed by atoms with Crippen molar-refractivity contribution in [2.24, 2.45) is 21.5 Å². The van der Waals surface area contributed by atoms with Gasteiger partial charge in [0.1, 0.15) is 9.52 Å². The number of hydrogen-bond acceptors (Lipinski definition) is 6. The second-order valence-electron chi connectivity index (χ2n) is 4.25. The Kier molecular flexibility index (Phi) is 2.66. The first-order valence-corrected chi connectivity index (χ1v) is 5.31. The number of hydrogen-bond donors (Lipinski definition) is 2. The molecule has 2 aliphatic heterocycles. The molecule has 2 unspecified atom stereocenters. The van der Waals surface area contributed by atoms with Crippen LogP contribution in [0.2, 0.25) is 0 Å². The minimum Gasteiger partial charge on any atom is -0.381 e. The topological polar surface area (TPSA) is 117 Å². The Balaban J connectivity index is 2.62. The van der Waals surface area contributed by atoms with Gasteiger partial charge in [-0.3, -0.25) is 0 Å². The molecule has 0 amide bonds. The smallest absolute Gasteiger partial charge is 0.381 e. The number of rotatable bonds is 1. The minimum absolute atomic E-state index is 0.00929. The van der Waals surface area contributed by atoms with Gasteiger partial charge < -0.3 is 5.73 Å². The van der Waals surface area contributed by atoms with Crippen LogP contribution in [0.4, 0.5) is 0 Å². The first kappa shape index (κ1) is 12.2. The van der Waals surface area contributed by atoms with E-state index >= 15 is 0 Å². The second-order valence-corrected chi connectivity index (χ2v) is 4.25. The monoisotopic (exact) mass is 250 g/mol. The molecule has 2 heterocycles. The molecule has 0 aromatic heterocycles. The molecule has 0 saturated carbocycles. The number of nitrogens with two attached hydrogens (primary N) is 2. The fraction of sp³-hybridized carbons (Fsp3) is 0.400. The normalized spacial score (nSPS) is 27.7. The molecule has 2 rings (SSSR count). The summed E-state index contributed by atoms with van der Waals surface area (Å²) < 4.78 is 0.846. The lowest BCUT2D eigenvalue weighted by Gasteiger charge is -2.15. The molecule has 0 bridgehead atoms. The predicted octanol–water partition coefficient (Wildman–Crippen LogP) is -0.254. The van der Waals surface area contributed by atoms with E-state index in [0.29, 0.717) is 20.8 Å². The van der Waals surface area contributed by atoms with E-state index in [1.807, 2.05) is 0 Å². The van der Waals surface area contributed by atoms with Gasteiger partial charge >= 0.3 is 12.1 Å². The quantitative estimate of drug-likeness (QED) is 0.492. The van der Waals surface area contributed by atoms with Gasteiger partial charge in [0.2, 0.25) is 0 Å². The number of nitrogens with zero attached hydrogens (tertiary/aromatic N) is 4. The maximum atomic E-state index is 12.2. The average Bonchev–Trinajstić information content (AvgIpc) is 2.25. The molecule has 4 N–H and O–H groups in total. The highest BCUT2D eigenvalue weighted by Gasteiger charge is 2.54. The molecule has 94 valence electrons. The zero-order valence-corrected chi connectivity index (χ0v) is 10.1. The van der Waals surface area contributed by atoms with Crippen LogP contribution in [0.15, 0.2) is 33.7 Å². The van der Waals surface area contributed by atoms with Crippen LogP contribution in [0.3, 0.4) is 0 Å². The Morgan fingerprint density at radius 2 is 2.00 bits per heavy atom. The third kappa shape index (κ3) is 1.58. The van der Waals surface area contributed by atoms with Gasteiger partial charge in [0.05, 0.1) is 5.71 Å². The molecule has 18 heavy (non-hydrogen) atoms. The van der Waals surface area contributed by atoms with Crippen LogP contribution in [0.5, 0.6) is 0 Å². The van der Waals surface area contributed by atoms with Gasteiger partial charge in [0.15, 0.2) is 5.84 Å². The van der Waals surface area contributed by atoms with Crippen LogP contribution in [-0.2, 0) is 0 Å². The van der Waals surface area contributed by atoms with Crippen molar-refractivity contribution in [3.8, 4) is 0 Å². The van der Waals surface area contributed by atoms with Gasteiger partial charge in [-0.1, -0.05) is 6.58 Å². The van der Waals surface area contributed by atoms with E-state index in [0.717, 1.165) is 0 Å². The van der Waals surface area contributed by atoms with Gasteiger partial charge in [-0.2, -0.15) is 4.99 Å². The van der Waals surface area contributed by atoms with E-state index in [1.54, 1.807) is 13.8 Å². The summed E-state index contributed by atoms with van der Waals surface area (Å²) in [6.45, 7) is 7.08. The predicted molar refractivity (Wildman–Crippen MR) is 65.6 cm³/mol. The Bertz CT molecular complexity index is 571. The van der Waals surface area contributed by atoms with Crippen molar-refractivity contribution in [2.45, 2.75) is 26.2 Å². The summed E-state index contributed by atoms with van der Waals surface area (Å²) in [5.74, 6) is -0.224. The van der Waals surface area contributed by atoms with Crippen molar-refractivity contribution < 1.29 is 9.52 Å². The summed E-state index contributed by atoms with van der Waals surface area (Å²) in [7, 11) is 0. The van der Waals surface area contributed by atoms with Crippen LogP contribution < -0.4 is 11.5 Å². The van der Waals surface area contributed by atoms with Crippen molar-refractivity contribution in [1.82, 2.24) is 0 Å². The fourth-order valence-corrected chi connectivity index (χ4v) is 2.00. The highest BCUT2D eigenvalue weighted by Crippen LogP contribution is 2.25. The van der Waals surface area contributed by atoms with E-state index in [9.17, 15) is 9.81 Å². The molecule has 2 aliphatic rings. The Morgan fingerprint density at radius 1 is 1.39 bits per heavy atom. The lowest BCUT2D eigenvalue weighted by Crippen LogP contribution is -2.47. The first-order chi connectivity index (χ1) is 8.34. The van der Waals surface area contributed by atoms with Gasteiger partial charge in [0.25, 0.3) is 11.7 Å². The summed E-state index contributed by atoms with van der Waals surface area (Å²) in [4.78, 5) is 31.9. The van der Waals surface area contributed by atoms with E-state index in [2.05, 4.69) is 16.6 Å². The van der Waals surface area contributed by atoms with Crippen LogP contribution in [0.25, 0.3) is 0 Å². The van der Waals surface area contributed by atoms with Gasteiger partial charge in [-0.05, 0) is 19.4 Å². The fourth-order valence-electron chi connectivity index (χ4n) is 2.00. The highest BCUT2D eigenvalue weighted by molar-refractivity contribution is 6.02. The average molecular weight is 250 g/mol. The summed E-state index contributed by atoms with van der Waals surface area (Å²) in [6, 6.07) is -0.682. The molecule has 0 aromatic carbocycles. The van der Waals surface area contributed by atoms with Gasteiger partial charge in [-0.15, -0.1) is 0 Å². The van der Waals surface area contributed by atoms with Crippen molar-refractivity contribution in [1.29, 1.82) is 0 Å². The summed E-state index contributed by atoms with van der Waals surface area (Å²) in [6.07, 6.45) is -1.22. The zero-order chi connectivity index (χ0) is 13.6. The highest BCUT2D eigenvalue weighted by atomic mass is 16.3. The molecule has 0 radical (unpaired) electrons. The molecule has 0 saturated heterocycles. The summed E-state index contributed by atoms with van der Waals surface area (Å²) >= 11 is 0. The van der Waals surface area contributed by atoms with Crippen LogP contribution >= 0.6 is 0 Å². The second kappa shape index (κ2) is 3.91. The summed E-state index contributed by atoms with van der Waals surface area (Å²) in [5.41, 5.74) is 12.3. The van der Waals surface area contributed by atoms with Crippen molar-refractivity contribution in [3.05, 3.63) is 33.5 Å². The Morgan fingerprint density at radius 3 is 2.56 bits per heavy atom. The maximum absolute atomic E-state index is 12.2. The molecule has 0 fully saturated rings. The van der Waals surface area contributed by atoms with Crippen LogP contribution in [0, 0.1) is 9.81 Å². The van der Waals surface area contributed by atoms with Crippen molar-refractivity contribution >= 4 is 11.5 Å². The minimum atomic E-state index is -1.22. The maximum Gasteiger partial charge on any atom is 0.570 e. The van der Waals surface area contributed by atoms with E-state index in [1.165, 1.54) is 0 Å². The number of nitroso groups, excluding NO2 is 2. The SMILES string of the molecule is C=C(C)C1C(C)=NC2=C([N+](=O)C(N)N=C2N)[N+]1=O. The first-order valence-electron chi connectivity index (χ1n) is 5.31. The zero-order valence-electron chi connectivity index (χ0n) is 10.1. The Labute approximate surface area is 103 Å². The third-order valence-corrected chi connectivity index (χ3v) is 2.77. The molecule has 8 heteroatoms. The van der Waals surface area contributed by atoms with Crippen LogP contribution in [-0.4, -0.2) is 33.4 Å². The lowest BCUT2D eigenvalue weighted by molar-refractivity contribution is -0.703. The lowest BCUT2D eigenvalue weighted by atomic mass is 10.0. The third-order valence-electron chi connectivity index (χ3n) is 2.77. The molecule has 2 atom stereocenters. The van der Waals surface area contributed by atoms with Gasteiger partial charge in [-0.25, -0.2) is 10.7 Å². The molecular weight excluding hydrogens is 236 g/mol. The number of aliphatic imine (C=N–C) groups is 2. The molecule has 8 nitrogen and oxygen atoms in total. The van der Waals surface area contributed by atoms with E-state index in [-0.39, 0.29) is 17.4 Å². The van der Waals surface area contributed by atoms with Gasteiger partial charge in [0, 0.05) is 9.81 Å². The Hall–Kier alpha value is -2.22. The molecule has 0 aliphatic carbocycles. The van der Waals surface area contributed by atoms with Crippen molar-refractivity contribution in [2.75, 3.05) is 0 Å². The molecule has 0 spiro atoms. The standard InChI is InChI=1S/C10H14N6O2/c1-4(2)7-5(3)13-6-8(11)14-10(12)16(18)9(6)15(7)17/h7,10H,1,12H2,2-3H3,(H2,11,14)/q+2. The van der Waals surface area contributed by atoms with Crippen molar-refractivity contribution in [3.63, 3.8) is 0 Å². The summed E-state index contributed by atoms with van der Waals surface area (Å²) in [5, 5.41) is 0. The van der Waals surface area contributed by atoms with E-state index in [4.69, 9.17) is 11.5 Å². The van der Waals surface area contributed by atoms with E-state index < -0.39 is 12.3 Å². The molecular formula is C10H14N6O2+2. The molecule has 0 aromatic rings. The largest absolute Gasteiger partial charge is 0.570 e. The number of amidine groups is 1. The van der Waals surface area contributed by atoms with Crippen LogP contribution in [0.1, 0.15) is 13.8 Å².